The SMILES string of the molecule is CCC(C)(C)C(=O)C(=O)N1C=CC=CN1C(=O)OCCCc1ccccc1. The molecule has 2 rings (SSSR count). The summed E-state index contributed by atoms with van der Waals surface area (Å²) in [6, 6.07) is 9.91. The lowest BCUT2D eigenvalue weighted by Crippen LogP contribution is -2.50. The number of rotatable bonds is 7. The van der Waals surface area contributed by atoms with Gasteiger partial charge >= 0.3 is 12.0 Å². The average Bonchev–Trinajstić information content (AvgIpc) is 2.70. The molecule has 0 saturated heterocycles. The number of Topliss-reactive ketones (excluding diaryl/α,β-unsaturated/α-hetero) is 1. The summed E-state index contributed by atoms with van der Waals surface area (Å²) >= 11 is 0. The first-order chi connectivity index (χ1) is 12.9. The van der Waals surface area contributed by atoms with Gasteiger partial charge in [0.05, 0.1) is 6.61 Å². The van der Waals surface area contributed by atoms with Gasteiger partial charge in [-0.1, -0.05) is 51.1 Å². The molecule has 144 valence electrons. The van der Waals surface area contributed by atoms with Crippen molar-refractivity contribution < 1.29 is 19.1 Å². The van der Waals surface area contributed by atoms with Gasteiger partial charge in [0.15, 0.2) is 0 Å². The lowest BCUT2D eigenvalue weighted by Gasteiger charge is -2.32. The van der Waals surface area contributed by atoms with E-state index in [2.05, 4.69) is 0 Å². The molecule has 6 heteroatoms. The molecule has 0 bridgehead atoms. The Morgan fingerprint density at radius 2 is 1.63 bits per heavy atom. The fraction of sp³-hybridized carbons (Fsp3) is 0.381. The molecule has 6 nitrogen and oxygen atoms in total. The zero-order chi connectivity index (χ0) is 19.9. The Kier molecular flexibility index (Phi) is 6.93. The number of hydrogen-bond donors (Lipinski definition) is 0. The number of aryl methyl sites for hydroxylation is 1. The minimum Gasteiger partial charge on any atom is -0.448 e. The lowest BCUT2D eigenvalue weighted by atomic mass is 9.85. The Labute approximate surface area is 160 Å². The van der Waals surface area contributed by atoms with E-state index in [4.69, 9.17) is 4.74 Å². The molecule has 0 fully saturated rings. The van der Waals surface area contributed by atoms with E-state index in [9.17, 15) is 14.4 Å². The van der Waals surface area contributed by atoms with Crippen molar-refractivity contribution in [1.82, 2.24) is 10.0 Å². The van der Waals surface area contributed by atoms with Gasteiger partial charge in [0.25, 0.3) is 0 Å². The second-order valence-corrected chi connectivity index (χ2v) is 6.95. The predicted molar refractivity (Wildman–Crippen MR) is 102 cm³/mol. The second-order valence-electron chi connectivity index (χ2n) is 6.95. The molecular weight excluding hydrogens is 344 g/mol. The largest absolute Gasteiger partial charge is 0.448 e. The van der Waals surface area contributed by atoms with Crippen LogP contribution in [0.2, 0.25) is 0 Å². The molecule has 1 aliphatic heterocycles. The summed E-state index contributed by atoms with van der Waals surface area (Å²) in [5.41, 5.74) is 0.371. The molecule has 1 aliphatic rings. The van der Waals surface area contributed by atoms with E-state index in [1.165, 1.54) is 18.0 Å². The molecule has 0 N–H and O–H groups in total. The number of amides is 2. The van der Waals surface area contributed by atoms with Gasteiger partial charge in [0.1, 0.15) is 0 Å². The van der Waals surface area contributed by atoms with Gasteiger partial charge in [0.2, 0.25) is 5.78 Å². The van der Waals surface area contributed by atoms with Gasteiger partial charge in [-0.2, -0.15) is 5.01 Å². The molecule has 1 aromatic carbocycles. The summed E-state index contributed by atoms with van der Waals surface area (Å²) in [6.45, 7) is 5.49. The number of carbonyl (C=O) groups is 3. The smallest absolute Gasteiger partial charge is 0.433 e. The second kappa shape index (κ2) is 9.16. The van der Waals surface area contributed by atoms with Crippen LogP contribution < -0.4 is 0 Å². The quantitative estimate of drug-likeness (QED) is 0.540. The lowest BCUT2D eigenvalue weighted by molar-refractivity contribution is -0.153. The van der Waals surface area contributed by atoms with Crippen LogP contribution in [-0.2, 0) is 20.7 Å². The normalized spacial score (nSPS) is 13.6. The first-order valence-electron chi connectivity index (χ1n) is 9.09. The third-order valence-electron chi connectivity index (χ3n) is 4.56. The van der Waals surface area contributed by atoms with E-state index in [0.717, 1.165) is 16.4 Å². The zero-order valence-corrected chi connectivity index (χ0v) is 16.1. The molecule has 0 atom stereocenters. The summed E-state index contributed by atoms with van der Waals surface area (Å²) in [4.78, 5) is 37.4. The van der Waals surface area contributed by atoms with Crippen molar-refractivity contribution in [2.24, 2.45) is 5.41 Å². The number of hydrogen-bond acceptors (Lipinski definition) is 4. The van der Waals surface area contributed by atoms with Gasteiger partial charge in [-0.15, -0.1) is 0 Å². The van der Waals surface area contributed by atoms with E-state index < -0.39 is 23.2 Å². The van der Waals surface area contributed by atoms with Crippen molar-refractivity contribution in [1.29, 1.82) is 0 Å². The molecule has 0 radical (unpaired) electrons. The number of benzene rings is 1. The van der Waals surface area contributed by atoms with Crippen LogP contribution in [0.15, 0.2) is 54.9 Å². The van der Waals surface area contributed by atoms with Crippen LogP contribution >= 0.6 is 0 Å². The first kappa shape index (κ1) is 20.4. The van der Waals surface area contributed by atoms with Gasteiger partial charge < -0.3 is 4.74 Å². The van der Waals surface area contributed by atoms with E-state index in [-0.39, 0.29) is 6.61 Å². The Morgan fingerprint density at radius 1 is 1.00 bits per heavy atom. The number of nitrogens with zero attached hydrogens (tertiary/aromatic N) is 2. The van der Waals surface area contributed by atoms with Gasteiger partial charge in [0, 0.05) is 17.8 Å². The Bertz CT molecular complexity index is 738. The van der Waals surface area contributed by atoms with Crippen LogP contribution in [0.25, 0.3) is 0 Å². The number of ether oxygens (including phenoxy) is 1. The summed E-state index contributed by atoms with van der Waals surface area (Å²) in [6.07, 6.45) is 7.26. The minimum atomic E-state index is -0.794. The molecule has 0 aromatic heterocycles. The topological polar surface area (TPSA) is 66.9 Å². The van der Waals surface area contributed by atoms with Crippen molar-refractivity contribution in [2.75, 3.05) is 6.61 Å². The third-order valence-corrected chi connectivity index (χ3v) is 4.56. The van der Waals surface area contributed by atoms with Crippen molar-refractivity contribution in [3.05, 3.63) is 60.4 Å². The summed E-state index contributed by atoms with van der Waals surface area (Å²) < 4.78 is 5.27. The van der Waals surface area contributed by atoms with Gasteiger partial charge in [-0.25, -0.2) is 9.80 Å². The number of ketones is 1. The highest BCUT2D eigenvalue weighted by Gasteiger charge is 2.37. The van der Waals surface area contributed by atoms with Gasteiger partial charge in [-0.05, 0) is 37.0 Å². The standard InChI is InChI=1S/C21H26N2O4/c1-4-21(2,3)18(24)19(25)22-14-8-9-15-23(22)20(26)27-16-10-13-17-11-6-5-7-12-17/h5-9,11-12,14-15H,4,10,13,16H2,1-3H3. The van der Waals surface area contributed by atoms with Crippen molar-refractivity contribution in [3.63, 3.8) is 0 Å². The van der Waals surface area contributed by atoms with E-state index in [1.807, 2.05) is 37.3 Å². The third kappa shape index (κ3) is 5.29. The molecule has 0 unspecified atom stereocenters. The summed E-state index contributed by atoms with van der Waals surface area (Å²) in [5, 5.41) is 2.02. The van der Waals surface area contributed by atoms with Crippen LogP contribution in [0.5, 0.6) is 0 Å². The molecule has 1 aromatic rings. The Balaban J connectivity index is 1.93. The average molecular weight is 370 g/mol. The van der Waals surface area contributed by atoms with Crippen LogP contribution in [0, 0.1) is 5.41 Å². The minimum absolute atomic E-state index is 0.220. The van der Waals surface area contributed by atoms with Gasteiger partial charge in [-0.3, -0.25) is 9.59 Å². The molecule has 0 aliphatic carbocycles. The number of allylic oxidation sites excluding steroid dienone is 2. The van der Waals surface area contributed by atoms with Crippen molar-refractivity contribution in [2.45, 2.75) is 40.0 Å². The highest BCUT2D eigenvalue weighted by molar-refractivity contribution is 6.38. The maximum absolute atomic E-state index is 12.6. The van der Waals surface area contributed by atoms with Crippen LogP contribution in [0.4, 0.5) is 4.79 Å². The maximum atomic E-state index is 12.6. The Morgan fingerprint density at radius 3 is 2.26 bits per heavy atom. The number of hydrazine groups is 1. The van der Waals surface area contributed by atoms with Crippen molar-refractivity contribution >= 4 is 17.8 Å². The number of carbonyl (C=O) groups excluding carboxylic acids is 3. The van der Waals surface area contributed by atoms with Crippen molar-refractivity contribution in [3.8, 4) is 0 Å². The molecule has 2 amide bonds. The molecule has 1 heterocycles. The van der Waals surface area contributed by atoms with Crippen LogP contribution in [0.3, 0.4) is 0 Å². The maximum Gasteiger partial charge on any atom is 0.433 e. The van der Waals surface area contributed by atoms with Crippen LogP contribution in [0.1, 0.15) is 39.2 Å². The molecule has 0 spiro atoms. The highest BCUT2D eigenvalue weighted by atomic mass is 16.6. The van der Waals surface area contributed by atoms with E-state index in [0.29, 0.717) is 12.8 Å². The fourth-order valence-corrected chi connectivity index (χ4v) is 2.42. The monoisotopic (exact) mass is 370 g/mol. The molecular formula is C21H26N2O4. The van der Waals surface area contributed by atoms with E-state index in [1.54, 1.807) is 26.0 Å². The first-order valence-corrected chi connectivity index (χ1v) is 9.09. The zero-order valence-electron chi connectivity index (χ0n) is 16.1. The fourth-order valence-electron chi connectivity index (χ4n) is 2.42. The Hall–Kier alpha value is -2.89. The molecule has 0 saturated carbocycles. The summed E-state index contributed by atoms with van der Waals surface area (Å²) in [5.74, 6) is -1.31. The highest BCUT2D eigenvalue weighted by Crippen LogP contribution is 2.23. The molecule has 27 heavy (non-hydrogen) atoms. The summed E-state index contributed by atoms with van der Waals surface area (Å²) in [7, 11) is 0. The predicted octanol–water partition coefficient (Wildman–Crippen LogP) is 3.85. The van der Waals surface area contributed by atoms with E-state index >= 15 is 0 Å². The van der Waals surface area contributed by atoms with Crippen LogP contribution in [-0.4, -0.2) is 34.4 Å².